The van der Waals surface area contributed by atoms with E-state index in [-0.39, 0.29) is 11.8 Å². The maximum atomic E-state index is 12.3. The number of likely N-dealkylation sites (N-methyl/N-ethyl adjacent to an activating group) is 1. The van der Waals surface area contributed by atoms with Crippen molar-refractivity contribution in [2.24, 2.45) is 0 Å². The standard InChI is InChI=1S/C26H33N3O2/c1-4-28-18-20(17-25(28)30)26-27-22-12-6-7-13-23(22)29(26)15-9-10-16-31-24-14-8-5-11-21(24)19(2)3/h5-8,11-14,19-20H,4,9-10,15-18H2,1-3H3. The van der Waals surface area contributed by atoms with Crippen LogP contribution >= 0.6 is 0 Å². The quantitative estimate of drug-likeness (QED) is 0.439. The Morgan fingerprint density at radius 2 is 1.87 bits per heavy atom. The molecule has 1 aliphatic heterocycles. The van der Waals surface area contributed by atoms with Gasteiger partial charge in [-0.15, -0.1) is 0 Å². The van der Waals surface area contributed by atoms with E-state index in [1.165, 1.54) is 5.56 Å². The predicted octanol–water partition coefficient (Wildman–Crippen LogP) is 5.35. The number of aryl methyl sites for hydroxylation is 1. The SMILES string of the molecule is CCN1CC(c2nc3ccccc3n2CCCCOc2ccccc2C(C)C)CC1=O. The molecule has 1 unspecified atom stereocenters. The number of carbonyl (C=O) groups excluding carboxylic acids is 1. The summed E-state index contributed by atoms with van der Waals surface area (Å²) in [5.74, 6) is 2.91. The van der Waals surface area contributed by atoms with Crippen LogP contribution in [0.15, 0.2) is 48.5 Å². The van der Waals surface area contributed by atoms with E-state index in [2.05, 4.69) is 54.8 Å². The first-order chi connectivity index (χ1) is 15.1. The number of carbonyl (C=O) groups is 1. The fraction of sp³-hybridized carbons (Fsp3) is 0.462. The molecule has 0 radical (unpaired) electrons. The van der Waals surface area contributed by atoms with E-state index < -0.39 is 0 Å². The average Bonchev–Trinajstić information content (AvgIpc) is 3.33. The Morgan fingerprint density at radius 1 is 1.10 bits per heavy atom. The van der Waals surface area contributed by atoms with Gasteiger partial charge in [0.2, 0.25) is 5.91 Å². The van der Waals surface area contributed by atoms with Crippen LogP contribution in [0, 0.1) is 0 Å². The summed E-state index contributed by atoms with van der Waals surface area (Å²) in [5, 5.41) is 0. The van der Waals surface area contributed by atoms with E-state index in [0.29, 0.717) is 18.9 Å². The molecule has 0 spiro atoms. The molecule has 2 aromatic carbocycles. The van der Waals surface area contributed by atoms with Gasteiger partial charge >= 0.3 is 0 Å². The summed E-state index contributed by atoms with van der Waals surface area (Å²) < 4.78 is 8.43. The topological polar surface area (TPSA) is 47.4 Å². The first-order valence-corrected chi connectivity index (χ1v) is 11.5. The monoisotopic (exact) mass is 419 g/mol. The van der Waals surface area contributed by atoms with Crippen molar-refractivity contribution in [2.75, 3.05) is 19.7 Å². The van der Waals surface area contributed by atoms with Gasteiger partial charge in [-0.3, -0.25) is 4.79 Å². The highest BCUT2D eigenvalue weighted by Crippen LogP contribution is 2.31. The summed E-state index contributed by atoms with van der Waals surface area (Å²) >= 11 is 0. The van der Waals surface area contributed by atoms with Crippen molar-refractivity contribution in [3.63, 3.8) is 0 Å². The van der Waals surface area contributed by atoms with Crippen LogP contribution in [0.25, 0.3) is 11.0 Å². The molecule has 5 heteroatoms. The van der Waals surface area contributed by atoms with Gasteiger partial charge in [0, 0.05) is 32.0 Å². The van der Waals surface area contributed by atoms with Crippen molar-refractivity contribution in [3.05, 3.63) is 59.9 Å². The number of amides is 1. The van der Waals surface area contributed by atoms with Gasteiger partial charge in [0.1, 0.15) is 11.6 Å². The Bertz CT molecular complexity index is 1040. The highest BCUT2D eigenvalue weighted by atomic mass is 16.5. The molecule has 1 aromatic heterocycles. The van der Waals surface area contributed by atoms with Crippen LogP contribution in [-0.2, 0) is 11.3 Å². The van der Waals surface area contributed by atoms with Crippen molar-refractivity contribution in [1.82, 2.24) is 14.5 Å². The number of rotatable bonds is 9. The van der Waals surface area contributed by atoms with Crippen LogP contribution in [0.4, 0.5) is 0 Å². The number of ether oxygens (including phenoxy) is 1. The lowest BCUT2D eigenvalue weighted by Gasteiger charge is -2.16. The Kier molecular flexibility index (Phi) is 6.59. The van der Waals surface area contributed by atoms with E-state index >= 15 is 0 Å². The van der Waals surface area contributed by atoms with Crippen molar-refractivity contribution in [2.45, 2.75) is 58.4 Å². The van der Waals surface area contributed by atoms with Gasteiger partial charge in [0.15, 0.2) is 0 Å². The molecule has 164 valence electrons. The molecule has 3 aromatic rings. The normalized spacial score (nSPS) is 16.6. The minimum absolute atomic E-state index is 0.175. The molecule has 0 saturated carbocycles. The fourth-order valence-electron chi connectivity index (χ4n) is 4.53. The first kappa shape index (κ1) is 21.4. The summed E-state index contributed by atoms with van der Waals surface area (Å²) in [6.07, 6.45) is 2.55. The summed E-state index contributed by atoms with van der Waals surface area (Å²) in [6.45, 7) is 9.57. The number of imidazole rings is 1. The molecule has 5 nitrogen and oxygen atoms in total. The molecular formula is C26H33N3O2. The van der Waals surface area contributed by atoms with Crippen LogP contribution in [0.5, 0.6) is 5.75 Å². The molecule has 0 N–H and O–H groups in total. The minimum atomic E-state index is 0.175. The number of fused-ring (bicyclic) bond motifs is 1. The van der Waals surface area contributed by atoms with E-state index in [4.69, 9.17) is 9.72 Å². The fourth-order valence-corrected chi connectivity index (χ4v) is 4.53. The van der Waals surface area contributed by atoms with Gasteiger partial charge < -0.3 is 14.2 Å². The summed E-state index contributed by atoms with van der Waals surface area (Å²) in [6, 6.07) is 16.6. The van der Waals surface area contributed by atoms with Crippen molar-refractivity contribution in [3.8, 4) is 5.75 Å². The third kappa shape index (κ3) is 4.60. The van der Waals surface area contributed by atoms with Crippen LogP contribution in [0.3, 0.4) is 0 Å². The molecular weight excluding hydrogens is 386 g/mol. The van der Waals surface area contributed by atoms with Gasteiger partial charge in [-0.2, -0.15) is 0 Å². The molecule has 4 rings (SSSR count). The number of aromatic nitrogens is 2. The summed E-state index contributed by atoms with van der Waals surface area (Å²) in [5.41, 5.74) is 3.43. The lowest BCUT2D eigenvalue weighted by Crippen LogP contribution is -2.24. The van der Waals surface area contributed by atoms with Crippen LogP contribution in [0.2, 0.25) is 0 Å². The molecule has 0 bridgehead atoms. The number of unbranched alkanes of at least 4 members (excludes halogenated alkanes) is 1. The maximum Gasteiger partial charge on any atom is 0.223 e. The zero-order valence-corrected chi connectivity index (χ0v) is 18.9. The summed E-state index contributed by atoms with van der Waals surface area (Å²) in [7, 11) is 0. The van der Waals surface area contributed by atoms with Gasteiger partial charge in [-0.05, 0) is 49.4 Å². The maximum absolute atomic E-state index is 12.3. The highest BCUT2D eigenvalue weighted by molar-refractivity contribution is 5.80. The molecule has 1 fully saturated rings. The van der Waals surface area contributed by atoms with E-state index in [0.717, 1.165) is 55.1 Å². The average molecular weight is 420 g/mol. The molecule has 1 atom stereocenters. The third-order valence-corrected chi connectivity index (χ3v) is 6.22. The number of benzene rings is 2. The zero-order chi connectivity index (χ0) is 21.8. The number of nitrogens with zero attached hydrogens (tertiary/aromatic N) is 3. The smallest absolute Gasteiger partial charge is 0.223 e. The van der Waals surface area contributed by atoms with Crippen LogP contribution in [0.1, 0.15) is 63.3 Å². The highest BCUT2D eigenvalue weighted by Gasteiger charge is 2.33. The Labute approximate surface area is 185 Å². The van der Waals surface area contributed by atoms with Crippen molar-refractivity contribution in [1.29, 1.82) is 0 Å². The van der Waals surface area contributed by atoms with Crippen LogP contribution in [-0.4, -0.2) is 40.1 Å². The van der Waals surface area contributed by atoms with Crippen LogP contribution < -0.4 is 4.74 Å². The second-order valence-corrected chi connectivity index (χ2v) is 8.69. The number of likely N-dealkylation sites (tertiary alicyclic amines) is 1. The molecule has 31 heavy (non-hydrogen) atoms. The Hall–Kier alpha value is -2.82. The lowest BCUT2D eigenvalue weighted by atomic mass is 10.0. The number of para-hydroxylation sites is 3. The molecule has 0 aliphatic carbocycles. The Balaban J connectivity index is 1.42. The molecule has 1 aliphatic rings. The van der Waals surface area contributed by atoms with Gasteiger partial charge in [-0.1, -0.05) is 44.2 Å². The van der Waals surface area contributed by atoms with Gasteiger partial charge in [-0.25, -0.2) is 4.98 Å². The largest absolute Gasteiger partial charge is 0.493 e. The minimum Gasteiger partial charge on any atom is -0.493 e. The van der Waals surface area contributed by atoms with E-state index in [1.807, 2.05) is 24.0 Å². The van der Waals surface area contributed by atoms with Crippen molar-refractivity contribution >= 4 is 16.9 Å². The zero-order valence-electron chi connectivity index (χ0n) is 18.9. The summed E-state index contributed by atoms with van der Waals surface area (Å²) in [4.78, 5) is 19.2. The van der Waals surface area contributed by atoms with E-state index in [1.54, 1.807) is 0 Å². The molecule has 1 amide bonds. The molecule has 1 saturated heterocycles. The van der Waals surface area contributed by atoms with E-state index in [9.17, 15) is 4.79 Å². The van der Waals surface area contributed by atoms with Gasteiger partial charge in [0.25, 0.3) is 0 Å². The predicted molar refractivity (Wildman–Crippen MR) is 125 cm³/mol. The number of hydrogen-bond acceptors (Lipinski definition) is 3. The second-order valence-electron chi connectivity index (χ2n) is 8.69. The Morgan fingerprint density at radius 3 is 2.65 bits per heavy atom. The lowest BCUT2D eigenvalue weighted by molar-refractivity contribution is -0.127. The van der Waals surface area contributed by atoms with Crippen molar-refractivity contribution < 1.29 is 9.53 Å². The van der Waals surface area contributed by atoms with Gasteiger partial charge in [0.05, 0.1) is 17.6 Å². The first-order valence-electron chi connectivity index (χ1n) is 11.5. The third-order valence-electron chi connectivity index (χ3n) is 6.22. The number of hydrogen-bond donors (Lipinski definition) is 0. The second kappa shape index (κ2) is 9.54. The molecule has 2 heterocycles.